The summed E-state index contributed by atoms with van der Waals surface area (Å²) in [6.45, 7) is 0. The molecule has 1 spiro atoms. The van der Waals surface area contributed by atoms with E-state index in [0.717, 1.165) is 17.7 Å². The van der Waals surface area contributed by atoms with E-state index in [1.54, 1.807) is 0 Å². The number of rotatable bonds is 2. The molecule has 2 aromatic carbocycles. The van der Waals surface area contributed by atoms with Gasteiger partial charge in [-0.2, -0.15) is 5.01 Å². The number of hydrogen-bond donors (Lipinski definition) is 1. The van der Waals surface area contributed by atoms with Crippen LogP contribution in [0, 0.1) is 0 Å². The summed E-state index contributed by atoms with van der Waals surface area (Å²) in [6.07, 6.45) is 1.52. The molecule has 5 heteroatoms. The number of fused-ring (bicyclic) bond motifs is 2. The van der Waals surface area contributed by atoms with E-state index >= 15 is 0 Å². The van der Waals surface area contributed by atoms with Crippen molar-refractivity contribution in [3.63, 3.8) is 0 Å². The summed E-state index contributed by atoms with van der Waals surface area (Å²) in [7, 11) is 1.53. The predicted octanol–water partition coefficient (Wildman–Crippen LogP) is 2.70. The predicted molar refractivity (Wildman–Crippen MR) is 87.8 cm³/mol. The van der Waals surface area contributed by atoms with Gasteiger partial charge in [0.1, 0.15) is 0 Å². The average Bonchev–Trinajstić information content (AvgIpc) is 3.10. The number of para-hydroxylation sites is 1. The third-order valence-corrected chi connectivity index (χ3v) is 4.45. The lowest BCUT2D eigenvalue weighted by Gasteiger charge is -2.23. The zero-order valence-electron chi connectivity index (χ0n) is 12.8. The Kier molecular flexibility index (Phi) is 3.08. The van der Waals surface area contributed by atoms with E-state index in [9.17, 15) is 4.79 Å². The van der Waals surface area contributed by atoms with E-state index in [2.05, 4.69) is 16.5 Å². The molecule has 1 atom stereocenters. The summed E-state index contributed by atoms with van der Waals surface area (Å²) in [6, 6.07) is 17.8. The third kappa shape index (κ3) is 2.00. The average molecular weight is 307 g/mol. The van der Waals surface area contributed by atoms with E-state index in [0.29, 0.717) is 12.4 Å². The van der Waals surface area contributed by atoms with Crippen molar-refractivity contribution in [2.45, 2.75) is 18.4 Å². The Hall–Kier alpha value is -2.82. The molecule has 1 aliphatic carbocycles. The van der Waals surface area contributed by atoms with Crippen LogP contribution in [0.15, 0.2) is 59.6 Å². The largest absolute Gasteiger partial charge is 0.467 e. The van der Waals surface area contributed by atoms with E-state index in [-0.39, 0.29) is 5.91 Å². The maximum atomic E-state index is 13.1. The minimum absolute atomic E-state index is 0.0943. The number of amidine groups is 1. The second-order valence-electron chi connectivity index (χ2n) is 5.73. The minimum atomic E-state index is -0.857. The highest BCUT2D eigenvalue weighted by Gasteiger charge is 2.54. The first-order valence-electron chi connectivity index (χ1n) is 7.63. The van der Waals surface area contributed by atoms with Crippen LogP contribution in [0.2, 0.25) is 0 Å². The number of ether oxygens (including phenoxy) is 1. The van der Waals surface area contributed by atoms with Gasteiger partial charge in [0.25, 0.3) is 5.91 Å². The number of hydrazine groups is 1. The molecule has 1 N–H and O–H groups in total. The van der Waals surface area contributed by atoms with Crippen molar-refractivity contribution in [1.29, 1.82) is 0 Å². The Balaban J connectivity index is 1.73. The number of aliphatic imine (C=N–C) groups is 1. The van der Waals surface area contributed by atoms with Gasteiger partial charge < -0.3 is 4.74 Å². The number of nitrogens with zero attached hydrogens (tertiary/aromatic N) is 2. The molecule has 5 nitrogen and oxygen atoms in total. The maximum absolute atomic E-state index is 13.1. The first-order chi connectivity index (χ1) is 11.2. The molecular formula is C18H17N3O2. The van der Waals surface area contributed by atoms with Crippen LogP contribution in [-0.4, -0.2) is 24.0 Å². The third-order valence-electron chi connectivity index (χ3n) is 4.45. The molecule has 1 unspecified atom stereocenters. The SMILES string of the molecule is COC1=NC2(CCc3ccccc32)C(=O)N1Nc1ccccc1. The number of nitrogens with one attached hydrogen (secondary N) is 1. The molecule has 1 amide bonds. The van der Waals surface area contributed by atoms with Gasteiger partial charge in [-0.3, -0.25) is 10.2 Å². The zero-order chi connectivity index (χ0) is 15.9. The van der Waals surface area contributed by atoms with E-state index in [4.69, 9.17) is 4.74 Å². The molecule has 0 bridgehead atoms. The fraction of sp³-hybridized carbons (Fsp3) is 0.222. The minimum Gasteiger partial charge on any atom is -0.467 e. The van der Waals surface area contributed by atoms with Crippen molar-refractivity contribution in [3.8, 4) is 0 Å². The van der Waals surface area contributed by atoms with Gasteiger partial charge in [0.2, 0.25) is 0 Å². The number of methoxy groups -OCH3 is 1. The van der Waals surface area contributed by atoms with Crippen molar-refractivity contribution in [3.05, 3.63) is 65.7 Å². The Morgan fingerprint density at radius 3 is 2.65 bits per heavy atom. The van der Waals surface area contributed by atoms with Crippen molar-refractivity contribution in [1.82, 2.24) is 5.01 Å². The molecule has 0 saturated carbocycles. The molecule has 2 aromatic rings. The van der Waals surface area contributed by atoms with Crippen molar-refractivity contribution >= 4 is 17.6 Å². The summed E-state index contributed by atoms with van der Waals surface area (Å²) in [5.74, 6) is -0.0943. The van der Waals surface area contributed by atoms with Crippen LogP contribution in [0.1, 0.15) is 17.5 Å². The number of hydrogen-bond acceptors (Lipinski definition) is 4. The summed E-state index contributed by atoms with van der Waals surface area (Å²) < 4.78 is 5.36. The van der Waals surface area contributed by atoms with Crippen LogP contribution in [0.4, 0.5) is 5.69 Å². The maximum Gasteiger partial charge on any atom is 0.315 e. The molecule has 1 aliphatic heterocycles. The lowest BCUT2D eigenvalue weighted by Crippen LogP contribution is -2.43. The summed E-state index contributed by atoms with van der Waals surface area (Å²) in [5, 5.41) is 1.41. The highest BCUT2D eigenvalue weighted by molar-refractivity contribution is 6.07. The highest BCUT2D eigenvalue weighted by Crippen LogP contribution is 2.44. The molecule has 2 aliphatic rings. The molecular weight excluding hydrogens is 290 g/mol. The summed E-state index contributed by atoms with van der Waals surface area (Å²) in [4.78, 5) is 17.8. The van der Waals surface area contributed by atoms with Gasteiger partial charge >= 0.3 is 6.02 Å². The number of amides is 1. The lowest BCUT2D eigenvalue weighted by atomic mass is 9.92. The molecule has 0 radical (unpaired) electrons. The Morgan fingerprint density at radius 1 is 1.13 bits per heavy atom. The zero-order valence-corrected chi connectivity index (χ0v) is 12.8. The summed E-state index contributed by atoms with van der Waals surface area (Å²) in [5.41, 5.74) is 5.22. The first kappa shape index (κ1) is 13.8. The molecule has 1 heterocycles. The monoisotopic (exact) mass is 307 g/mol. The van der Waals surface area contributed by atoms with Gasteiger partial charge in [-0.05, 0) is 36.1 Å². The van der Waals surface area contributed by atoms with Crippen molar-refractivity contribution < 1.29 is 9.53 Å². The van der Waals surface area contributed by atoms with Crippen LogP contribution in [0.3, 0.4) is 0 Å². The van der Waals surface area contributed by atoms with Crippen LogP contribution < -0.4 is 5.43 Å². The van der Waals surface area contributed by atoms with E-state index in [1.807, 2.05) is 48.5 Å². The normalized spacial score (nSPS) is 22.2. The number of aryl methyl sites for hydroxylation is 1. The van der Waals surface area contributed by atoms with Gasteiger partial charge in [-0.25, -0.2) is 4.99 Å². The standard InChI is InChI=1S/C18H17N3O2/c1-23-17-19-18(12-11-13-7-5-6-10-15(13)18)16(22)21(17)20-14-8-3-2-4-9-14/h2-10,20H,11-12H2,1H3. The van der Waals surface area contributed by atoms with Crippen molar-refractivity contribution in [2.24, 2.45) is 4.99 Å². The van der Waals surface area contributed by atoms with E-state index in [1.165, 1.54) is 17.7 Å². The quantitative estimate of drug-likeness (QED) is 0.928. The molecule has 4 rings (SSSR count). The van der Waals surface area contributed by atoms with Crippen LogP contribution >= 0.6 is 0 Å². The number of anilines is 1. The number of benzene rings is 2. The molecule has 0 saturated heterocycles. The Labute approximate surface area is 134 Å². The van der Waals surface area contributed by atoms with Gasteiger partial charge in [0.05, 0.1) is 12.8 Å². The number of carbonyl (C=O) groups is 1. The Morgan fingerprint density at radius 2 is 1.87 bits per heavy atom. The topological polar surface area (TPSA) is 53.9 Å². The second kappa shape index (κ2) is 5.12. The molecule has 116 valence electrons. The van der Waals surface area contributed by atoms with E-state index < -0.39 is 5.54 Å². The fourth-order valence-electron chi connectivity index (χ4n) is 3.34. The molecule has 0 aromatic heterocycles. The number of carbonyl (C=O) groups excluding carboxylic acids is 1. The van der Waals surface area contributed by atoms with Crippen LogP contribution in [0.25, 0.3) is 0 Å². The van der Waals surface area contributed by atoms with Gasteiger partial charge in [-0.15, -0.1) is 0 Å². The highest BCUT2D eigenvalue weighted by atomic mass is 16.5. The lowest BCUT2D eigenvalue weighted by molar-refractivity contribution is -0.130. The molecule has 23 heavy (non-hydrogen) atoms. The fourth-order valence-corrected chi connectivity index (χ4v) is 3.34. The van der Waals surface area contributed by atoms with Gasteiger partial charge in [0.15, 0.2) is 5.54 Å². The van der Waals surface area contributed by atoms with Gasteiger partial charge in [-0.1, -0.05) is 42.5 Å². The summed E-state index contributed by atoms with van der Waals surface area (Å²) >= 11 is 0. The Bertz CT molecular complexity index is 788. The first-order valence-corrected chi connectivity index (χ1v) is 7.63. The van der Waals surface area contributed by atoms with Crippen molar-refractivity contribution in [2.75, 3.05) is 12.5 Å². The molecule has 0 fully saturated rings. The van der Waals surface area contributed by atoms with Crippen LogP contribution in [0.5, 0.6) is 0 Å². The van der Waals surface area contributed by atoms with Gasteiger partial charge in [0, 0.05) is 0 Å². The smallest absolute Gasteiger partial charge is 0.315 e. The second-order valence-corrected chi connectivity index (χ2v) is 5.73. The van der Waals surface area contributed by atoms with Crippen LogP contribution in [-0.2, 0) is 21.5 Å².